The van der Waals surface area contributed by atoms with Gasteiger partial charge >= 0.3 is 6.36 Å². The maximum Gasteiger partial charge on any atom is 0.573 e. The van der Waals surface area contributed by atoms with Gasteiger partial charge in [-0.3, -0.25) is 0 Å². The third-order valence-corrected chi connectivity index (χ3v) is 1.35. The van der Waals surface area contributed by atoms with Crippen LogP contribution >= 0.6 is 0 Å². The Morgan fingerprint density at radius 2 is 1.86 bits per heavy atom. The topological polar surface area (TPSA) is 29.5 Å². The van der Waals surface area contributed by atoms with Gasteiger partial charge in [-0.15, -0.1) is 13.2 Å². The van der Waals surface area contributed by atoms with E-state index in [9.17, 15) is 17.6 Å². The summed E-state index contributed by atoms with van der Waals surface area (Å²) in [6.45, 7) is -0.550. The van der Waals surface area contributed by atoms with Gasteiger partial charge in [0.25, 0.3) is 0 Å². The fraction of sp³-hybridized carbons (Fsp3) is 0.250. The summed E-state index contributed by atoms with van der Waals surface area (Å²) in [5.74, 6) is -1.57. The summed E-state index contributed by atoms with van der Waals surface area (Å²) in [5.41, 5.74) is 0.0178. The lowest BCUT2D eigenvalue weighted by atomic mass is 10.2. The van der Waals surface area contributed by atoms with E-state index in [2.05, 4.69) is 4.74 Å². The second kappa shape index (κ2) is 3.83. The zero-order chi connectivity index (χ0) is 10.8. The Bertz CT molecular complexity index is 322. The van der Waals surface area contributed by atoms with Crippen molar-refractivity contribution in [3.8, 4) is 5.75 Å². The molecule has 0 radical (unpaired) electrons. The number of halogens is 4. The van der Waals surface area contributed by atoms with E-state index < -0.39 is 24.5 Å². The van der Waals surface area contributed by atoms with E-state index >= 15 is 0 Å². The molecule has 0 fully saturated rings. The summed E-state index contributed by atoms with van der Waals surface area (Å²) < 4.78 is 51.2. The highest BCUT2D eigenvalue weighted by atomic mass is 19.4. The van der Waals surface area contributed by atoms with E-state index in [1.54, 1.807) is 0 Å². The zero-order valence-electron chi connectivity index (χ0n) is 6.81. The first-order chi connectivity index (χ1) is 6.40. The zero-order valence-corrected chi connectivity index (χ0v) is 6.81. The van der Waals surface area contributed by atoms with E-state index in [1.165, 1.54) is 0 Å². The number of aliphatic hydroxyl groups is 1. The first-order valence-electron chi connectivity index (χ1n) is 3.57. The first kappa shape index (κ1) is 10.8. The van der Waals surface area contributed by atoms with Gasteiger partial charge in [0.2, 0.25) is 0 Å². The van der Waals surface area contributed by atoms with Crippen LogP contribution in [0.15, 0.2) is 18.2 Å². The molecule has 14 heavy (non-hydrogen) atoms. The van der Waals surface area contributed by atoms with Crippen LogP contribution in [-0.2, 0) is 6.61 Å². The van der Waals surface area contributed by atoms with E-state index in [4.69, 9.17) is 5.11 Å². The van der Waals surface area contributed by atoms with Crippen LogP contribution in [0.4, 0.5) is 17.6 Å². The SMILES string of the molecule is OCc1cc(F)cc(OC(F)(F)F)c1. The maximum atomic E-state index is 12.6. The summed E-state index contributed by atoms with van der Waals surface area (Å²) >= 11 is 0. The van der Waals surface area contributed by atoms with Gasteiger partial charge in [0.15, 0.2) is 0 Å². The van der Waals surface area contributed by atoms with Gasteiger partial charge in [0.05, 0.1) is 6.61 Å². The highest BCUT2D eigenvalue weighted by Gasteiger charge is 2.31. The molecule has 0 aromatic heterocycles. The first-order valence-corrected chi connectivity index (χ1v) is 3.57. The van der Waals surface area contributed by atoms with Crippen molar-refractivity contribution in [2.24, 2.45) is 0 Å². The van der Waals surface area contributed by atoms with Crippen molar-refractivity contribution in [2.75, 3.05) is 0 Å². The maximum absolute atomic E-state index is 12.6. The highest BCUT2D eigenvalue weighted by molar-refractivity contribution is 5.29. The molecule has 0 atom stereocenters. The smallest absolute Gasteiger partial charge is 0.406 e. The standard InChI is InChI=1S/C8H6F4O2/c9-6-1-5(4-13)2-7(3-6)14-8(10,11)12/h1-3,13H,4H2. The predicted octanol–water partition coefficient (Wildman–Crippen LogP) is 2.22. The average Bonchev–Trinajstić information content (AvgIpc) is 1.99. The van der Waals surface area contributed by atoms with Crippen LogP contribution in [0.25, 0.3) is 0 Å². The molecule has 0 saturated heterocycles. The van der Waals surface area contributed by atoms with E-state index in [-0.39, 0.29) is 5.56 Å². The molecule has 2 nitrogen and oxygen atoms in total. The molecule has 0 unspecified atom stereocenters. The lowest BCUT2D eigenvalue weighted by Crippen LogP contribution is -2.17. The van der Waals surface area contributed by atoms with Crippen molar-refractivity contribution in [2.45, 2.75) is 13.0 Å². The molecule has 1 aromatic rings. The molecule has 78 valence electrons. The second-order valence-corrected chi connectivity index (χ2v) is 2.50. The number of alkyl halides is 3. The largest absolute Gasteiger partial charge is 0.573 e. The van der Waals surface area contributed by atoms with Crippen LogP contribution in [0.5, 0.6) is 5.75 Å². The van der Waals surface area contributed by atoms with Gasteiger partial charge in [0.1, 0.15) is 11.6 Å². The van der Waals surface area contributed by atoms with Crippen LogP contribution in [0, 0.1) is 5.82 Å². The quantitative estimate of drug-likeness (QED) is 0.758. The van der Waals surface area contributed by atoms with Crippen molar-refractivity contribution in [3.63, 3.8) is 0 Å². The molecule has 1 aromatic carbocycles. The summed E-state index contributed by atoms with van der Waals surface area (Å²) in [4.78, 5) is 0. The van der Waals surface area contributed by atoms with Gasteiger partial charge in [-0.2, -0.15) is 0 Å². The monoisotopic (exact) mass is 210 g/mol. The Morgan fingerprint density at radius 1 is 1.21 bits per heavy atom. The molecule has 0 aliphatic heterocycles. The number of ether oxygens (including phenoxy) is 1. The minimum Gasteiger partial charge on any atom is -0.406 e. The molecular weight excluding hydrogens is 204 g/mol. The summed E-state index contributed by atoms with van der Waals surface area (Å²) in [5, 5.41) is 8.58. The number of benzene rings is 1. The number of aliphatic hydroxyl groups excluding tert-OH is 1. The van der Waals surface area contributed by atoms with Crippen LogP contribution in [0.2, 0.25) is 0 Å². The van der Waals surface area contributed by atoms with E-state index in [0.717, 1.165) is 12.1 Å². The van der Waals surface area contributed by atoms with E-state index in [1.807, 2.05) is 0 Å². The number of hydrogen-bond acceptors (Lipinski definition) is 2. The fourth-order valence-electron chi connectivity index (χ4n) is 0.905. The molecule has 0 aliphatic carbocycles. The molecular formula is C8H6F4O2. The van der Waals surface area contributed by atoms with Crippen LogP contribution in [0.1, 0.15) is 5.56 Å². The molecule has 1 rings (SSSR count). The van der Waals surface area contributed by atoms with Gasteiger partial charge in [-0.05, 0) is 17.7 Å². The second-order valence-electron chi connectivity index (χ2n) is 2.50. The van der Waals surface area contributed by atoms with Gasteiger partial charge in [-0.1, -0.05) is 0 Å². The molecule has 1 N–H and O–H groups in total. The summed E-state index contributed by atoms with van der Waals surface area (Å²) in [6, 6.07) is 2.42. The van der Waals surface area contributed by atoms with Gasteiger partial charge in [0, 0.05) is 6.07 Å². The van der Waals surface area contributed by atoms with Crippen molar-refractivity contribution >= 4 is 0 Å². The minimum absolute atomic E-state index is 0.0178. The third-order valence-electron chi connectivity index (χ3n) is 1.35. The Morgan fingerprint density at radius 3 is 2.36 bits per heavy atom. The number of hydrogen-bond donors (Lipinski definition) is 1. The van der Waals surface area contributed by atoms with Crippen molar-refractivity contribution < 1.29 is 27.4 Å². The lowest BCUT2D eigenvalue weighted by Gasteiger charge is -2.09. The molecule has 0 spiro atoms. The minimum atomic E-state index is -4.86. The number of rotatable bonds is 2. The predicted molar refractivity (Wildman–Crippen MR) is 39.0 cm³/mol. The highest BCUT2D eigenvalue weighted by Crippen LogP contribution is 2.24. The average molecular weight is 210 g/mol. The third kappa shape index (κ3) is 3.21. The Labute approximate surface area is 76.7 Å². The van der Waals surface area contributed by atoms with Crippen LogP contribution in [-0.4, -0.2) is 11.5 Å². The Hall–Kier alpha value is -1.30. The molecule has 6 heteroatoms. The van der Waals surface area contributed by atoms with Crippen molar-refractivity contribution in [1.82, 2.24) is 0 Å². The van der Waals surface area contributed by atoms with Crippen molar-refractivity contribution in [1.29, 1.82) is 0 Å². The van der Waals surface area contributed by atoms with Crippen LogP contribution in [0.3, 0.4) is 0 Å². The molecule has 0 amide bonds. The molecule has 0 aliphatic rings. The Kier molecular flexibility index (Phi) is 2.95. The van der Waals surface area contributed by atoms with Gasteiger partial charge < -0.3 is 9.84 Å². The molecule has 0 saturated carbocycles. The molecule has 0 bridgehead atoms. The molecule has 0 heterocycles. The summed E-state index contributed by atoms with van der Waals surface area (Å²) in [6.07, 6.45) is -4.86. The normalized spacial score (nSPS) is 11.5. The summed E-state index contributed by atoms with van der Waals surface area (Å²) in [7, 11) is 0. The van der Waals surface area contributed by atoms with Crippen molar-refractivity contribution in [3.05, 3.63) is 29.6 Å². The lowest BCUT2D eigenvalue weighted by molar-refractivity contribution is -0.274. The Balaban J connectivity index is 2.92. The van der Waals surface area contributed by atoms with E-state index in [0.29, 0.717) is 6.07 Å². The fourth-order valence-corrected chi connectivity index (χ4v) is 0.905. The van der Waals surface area contributed by atoms with Crippen LogP contribution < -0.4 is 4.74 Å². The van der Waals surface area contributed by atoms with Gasteiger partial charge in [-0.25, -0.2) is 4.39 Å².